The van der Waals surface area contributed by atoms with Crippen LogP contribution in [0.15, 0.2) is 18.2 Å². The van der Waals surface area contributed by atoms with E-state index in [4.69, 9.17) is 5.73 Å². The van der Waals surface area contributed by atoms with Crippen molar-refractivity contribution in [1.82, 2.24) is 0 Å². The predicted molar refractivity (Wildman–Crippen MR) is 74.7 cm³/mol. The molecule has 1 amide bonds. The fourth-order valence-electron chi connectivity index (χ4n) is 2.47. The van der Waals surface area contributed by atoms with E-state index >= 15 is 0 Å². The van der Waals surface area contributed by atoms with E-state index < -0.39 is 5.54 Å². The van der Waals surface area contributed by atoms with Crippen molar-refractivity contribution in [2.24, 2.45) is 5.73 Å². The molecule has 18 heavy (non-hydrogen) atoms. The number of benzene rings is 1. The smallest absolute Gasteiger partial charge is 0.228 e. The van der Waals surface area contributed by atoms with Gasteiger partial charge in [0.05, 0.1) is 0 Å². The zero-order chi connectivity index (χ0) is 13.3. The van der Waals surface area contributed by atoms with Gasteiger partial charge in [0, 0.05) is 24.2 Å². The average Bonchev–Trinajstić information content (AvgIpc) is 2.25. The lowest BCUT2D eigenvalue weighted by Gasteiger charge is -2.32. The highest BCUT2D eigenvalue weighted by atomic mass is 16.2. The third-order valence-corrected chi connectivity index (χ3v) is 3.26. The molecule has 2 N–H and O–H groups in total. The number of aryl methyl sites for hydroxylation is 2. The maximum absolute atomic E-state index is 12.3. The molecule has 1 aliphatic heterocycles. The number of carbonyl (C=O) groups is 1. The molecule has 0 aromatic heterocycles. The summed E-state index contributed by atoms with van der Waals surface area (Å²) in [7, 11) is 0. The Morgan fingerprint density at radius 1 is 1.44 bits per heavy atom. The lowest BCUT2D eigenvalue weighted by molar-refractivity contribution is -0.119. The number of hydrogen-bond acceptors (Lipinski definition) is 2. The molecule has 0 fully saturated rings. The van der Waals surface area contributed by atoms with E-state index in [0.717, 1.165) is 25.1 Å². The van der Waals surface area contributed by atoms with Crippen LogP contribution < -0.4 is 10.6 Å². The van der Waals surface area contributed by atoms with Crippen molar-refractivity contribution in [2.45, 2.75) is 45.6 Å². The van der Waals surface area contributed by atoms with Crippen LogP contribution in [-0.4, -0.2) is 18.0 Å². The zero-order valence-corrected chi connectivity index (χ0v) is 11.5. The van der Waals surface area contributed by atoms with Gasteiger partial charge in [0.2, 0.25) is 5.91 Å². The van der Waals surface area contributed by atoms with Gasteiger partial charge in [-0.1, -0.05) is 17.7 Å². The lowest BCUT2D eigenvalue weighted by Crippen LogP contribution is -2.43. The molecule has 98 valence electrons. The molecular formula is C15H22N2O. The van der Waals surface area contributed by atoms with Gasteiger partial charge in [0.25, 0.3) is 0 Å². The topological polar surface area (TPSA) is 46.3 Å². The number of nitrogens with zero attached hydrogens (tertiary/aromatic N) is 1. The molecule has 1 aliphatic rings. The largest absolute Gasteiger partial charge is 0.325 e. The summed E-state index contributed by atoms with van der Waals surface area (Å²) in [5, 5.41) is 0. The summed E-state index contributed by atoms with van der Waals surface area (Å²) in [6.07, 6.45) is 2.49. The molecule has 0 bridgehead atoms. The van der Waals surface area contributed by atoms with Gasteiger partial charge in [-0.25, -0.2) is 0 Å². The Kier molecular flexibility index (Phi) is 3.44. The lowest BCUT2D eigenvalue weighted by atomic mass is 9.97. The molecule has 0 unspecified atom stereocenters. The van der Waals surface area contributed by atoms with E-state index in [0.29, 0.717) is 6.42 Å². The number of fused-ring (bicyclic) bond motifs is 1. The second-order valence-electron chi connectivity index (χ2n) is 5.95. The predicted octanol–water partition coefficient (Wildman–Crippen LogP) is 2.40. The number of amides is 1. The molecule has 2 rings (SSSR count). The van der Waals surface area contributed by atoms with E-state index in [1.807, 2.05) is 18.7 Å². The number of anilines is 1. The first-order valence-electron chi connectivity index (χ1n) is 6.55. The van der Waals surface area contributed by atoms with E-state index in [-0.39, 0.29) is 5.91 Å². The van der Waals surface area contributed by atoms with Crippen molar-refractivity contribution in [1.29, 1.82) is 0 Å². The SMILES string of the molecule is Cc1ccc2c(c1)CCCN2C(=O)CC(C)(C)N. The minimum absolute atomic E-state index is 0.132. The van der Waals surface area contributed by atoms with Crippen LogP contribution in [0.2, 0.25) is 0 Å². The van der Waals surface area contributed by atoms with Crippen molar-refractivity contribution in [3.05, 3.63) is 29.3 Å². The Bertz CT molecular complexity index is 460. The fraction of sp³-hybridized carbons (Fsp3) is 0.533. The van der Waals surface area contributed by atoms with E-state index in [1.54, 1.807) is 0 Å². The first-order chi connectivity index (χ1) is 8.37. The highest BCUT2D eigenvalue weighted by Crippen LogP contribution is 2.29. The highest BCUT2D eigenvalue weighted by molar-refractivity contribution is 5.95. The monoisotopic (exact) mass is 246 g/mol. The molecular weight excluding hydrogens is 224 g/mol. The van der Waals surface area contributed by atoms with Crippen LogP contribution in [0.1, 0.15) is 37.8 Å². The van der Waals surface area contributed by atoms with E-state index in [1.165, 1.54) is 11.1 Å². The normalized spacial score (nSPS) is 15.4. The van der Waals surface area contributed by atoms with E-state index in [2.05, 4.69) is 25.1 Å². The summed E-state index contributed by atoms with van der Waals surface area (Å²) in [5.41, 5.74) is 9.10. The van der Waals surface area contributed by atoms with Gasteiger partial charge in [-0.2, -0.15) is 0 Å². The summed E-state index contributed by atoms with van der Waals surface area (Å²) >= 11 is 0. The van der Waals surface area contributed by atoms with Crippen molar-refractivity contribution in [3.63, 3.8) is 0 Å². The minimum atomic E-state index is -0.445. The van der Waals surface area contributed by atoms with Gasteiger partial charge in [-0.05, 0) is 45.2 Å². The molecule has 0 atom stereocenters. The number of rotatable bonds is 2. The quantitative estimate of drug-likeness (QED) is 0.871. The van der Waals surface area contributed by atoms with Crippen molar-refractivity contribution in [3.8, 4) is 0 Å². The van der Waals surface area contributed by atoms with E-state index in [9.17, 15) is 4.79 Å². The summed E-state index contributed by atoms with van der Waals surface area (Å²) in [6.45, 7) is 6.69. The molecule has 0 spiro atoms. The third-order valence-electron chi connectivity index (χ3n) is 3.26. The van der Waals surface area contributed by atoms with Crippen molar-refractivity contribution in [2.75, 3.05) is 11.4 Å². The molecule has 3 heteroatoms. The van der Waals surface area contributed by atoms with Crippen LogP contribution in [0.25, 0.3) is 0 Å². The molecule has 0 saturated carbocycles. The van der Waals surface area contributed by atoms with Crippen LogP contribution in [0, 0.1) is 6.92 Å². The second-order valence-corrected chi connectivity index (χ2v) is 5.95. The standard InChI is InChI=1S/C15H22N2O/c1-11-6-7-13-12(9-11)5-4-8-17(13)14(18)10-15(2,3)16/h6-7,9H,4-5,8,10,16H2,1-3H3. The Labute approximate surface area is 109 Å². The van der Waals surface area contributed by atoms with Crippen LogP contribution in [0.5, 0.6) is 0 Å². The van der Waals surface area contributed by atoms with Crippen molar-refractivity contribution >= 4 is 11.6 Å². The van der Waals surface area contributed by atoms with Crippen LogP contribution in [-0.2, 0) is 11.2 Å². The maximum atomic E-state index is 12.3. The molecule has 3 nitrogen and oxygen atoms in total. The third kappa shape index (κ3) is 2.91. The summed E-state index contributed by atoms with van der Waals surface area (Å²) in [4.78, 5) is 14.2. The van der Waals surface area contributed by atoms with Gasteiger partial charge in [-0.15, -0.1) is 0 Å². The molecule has 1 aromatic carbocycles. The Morgan fingerprint density at radius 3 is 2.83 bits per heavy atom. The fourth-order valence-corrected chi connectivity index (χ4v) is 2.47. The van der Waals surface area contributed by atoms with Gasteiger partial charge in [-0.3, -0.25) is 4.79 Å². The highest BCUT2D eigenvalue weighted by Gasteiger charge is 2.26. The number of nitrogens with two attached hydrogens (primary N) is 1. The van der Waals surface area contributed by atoms with Crippen LogP contribution in [0.3, 0.4) is 0 Å². The summed E-state index contributed by atoms with van der Waals surface area (Å²) < 4.78 is 0. The molecule has 1 heterocycles. The molecule has 0 radical (unpaired) electrons. The maximum Gasteiger partial charge on any atom is 0.228 e. The first-order valence-corrected chi connectivity index (χ1v) is 6.55. The number of carbonyl (C=O) groups excluding carboxylic acids is 1. The van der Waals surface area contributed by atoms with Gasteiger partial charge in [0.15, 0.2) is 0 Å². The summed E-state index contributed by atoms with van der Waals surface area (Å²) in [6, 6.07) is 6.31. The van der Waals surface area contributed by atoms with Crippen LogP contribution >= 0.6 is 0 Å². The first kappa shape index (κ1) is 13.1. The molecule has 0 saturated heterocycles. The molecule has 1 aromatic rings. The minimum Gasteiger partial charge on any atom is -0.325 e. The van der Waals surface area contributed by atoms with Crippen molar-refractivity contribution < 1.29 is 4.79 Å². The average molecular weight is 246 g/mol. The van der Waals surface area contributed by atoms with Gasteiger partial charge < -0.3 is 10.6 Å². The Hall–Kier alpha value is -1.35. The molecule has 0 aliphatic carbocycles. The second kappa shape index (κ2) is 4.73. The zero-order valence-electron chi connectivity index (χ0n) is 11.5. The number of hydrogen-bond donors (Lipinski definition) is 1. The Balaban J connectivity index is 2.25. The van der Waals surface area contributed by atoms with Gasteiger partial charge >= 0.3 is 0 Å². The van der Waals surface area contributed by atoms with Crippen LogP contribution in [0.4, 0.5) is 5.69 Å². The van der Waals surface area contributed by atoms with Gasteiger partial charge in [0.1, 0.15) is 0 Å². The summed E-state index contributed by atoms with van der Waals surface area (Å²) in [5.74, 6) is 0.132. The Morgan fingerprint density at radius 2 is 2.17 bits per heavy atom.